The van der Waals surface area contributed by atoms with Gasteiger partial charge in [0.15, 0.2) is 5.03 Å². The largest absolute Gasteiger partial charge is 0.418 e. The normalized spacial score (nSPS) is 17.8. The Balaban J connectivity index is 0.00000118. The Morgan fingerprint density at radius 3 is 2.33 bits per heavy atom. The van der Waals surface area contributed by atoms with Crippen molar-refractivity contribution in [1.82, 2.24) is 9.97 Å². The first-order valence-electron chi connectivity index (χ1n) is 13.1. The van der Waals surface area contributed by atoms with Crippen molar-refractivity contribution in [2.45, 2.75) is 61.9 Å². The van der Waals surface area contributed by atoms with Crippen molar-refractivity contribution in [3.05, 3.63) is 71.4 Å². The minimum atomic E-state index is -4.62. The minimum Gasteiger partial charge on any atom is -0.356 e. The van der Waals surface area contributed by atoms with Crippen molar-refractivity contribution in [3.63, 3.8) is 0 Å². The molecule has 0 N–H and O–H groups in total. The van der Waals surface area contributed by atoms with Crippen LogP contribution in [0.5, 0.6) is 0 Å². The lowest BCUT2D eigenvalue weighted by Gasteiger charge is -2.32. The molecule has 1 aromatic carbocycles. The molecule has 1 saturated carbocycles. The van der Waals surface area contributed by atoms with Crippen LogP contribution in [0.25, 0.3) is 11.3 Å². The van der Waals surface area contributed by atoms with E-state index >= 15 is 0 Å². The first-order valence-corrected chi connectivity index (χ1v) is 14.8. The van der Waals surface area contributed by atoms with Crippen molar-refractivity contribution in [2.75, 3.05) is 18.0 Å². The SMILES string of the molecule is C[C@@H]1CCCN(c2cccc(S(=O)(=O)Cc3ccc(C(F)(F)F)c(-c4ccccc4C4CCC4)n3)n2)C1.O=C=O. The molecular formula is C29H30F3N3O4S. The first-order chi connectivity index (χ1) is 19.0. The molecule has 0 unspecified atom stereocenters. The maximum absolute atomic E-state index is 14.0. The Kier molecular flexibility index (Phi) is 9.05. The number of pyridine rings is 2. The number of aromatic nitrogens is 2. The van der Waals surface area contributed by atoms with E-state index in [-0.39, 0.29) is 28.5 Å². The fourth-order valence-corrected chi connectivity index (χ4v) is 6.44. The number of piperidine rings is 1. The summed E-state index contributed by atoms with van der Waals surface area (Å²) in [5, 5.41) is -0.0960. The average Bonchev–Trinajstić information content (AvgIpc) is 2.88. The van der Waals surface area contributed by atoms with Crippen LogP contribution in [-0.4, -0.2) is 37.6 Å². The highest BCUT2D eigenvalue weighted by Gasteiger charge is 2.36. The number of hydrogen-bond acceptors (Lipinski definition) is 7. The molecule has 7 nitrogen and oxygen atoms in total. The van der Waals surface area contributed by atoms with E-state index in [2.05, 4.69) is 21.8 Å². The molecule has 2 aromatic heterocycles. The molecule has 2 fully saturated rings. The molecule has 0 amide bonds. The molecule has 212 valence electrons. The molecule has 5 rings (SSSR count). The molecule has 1 aliphatic carbocycles. The second kappa shape index (κ2) is 12.3. The zero-order valence-corrected chi connectivity index (χ0v) is 22.8. The molecule has 0 spiro atoms. The Morgan fingerprint density at radius 2 is 1.68 bits per heavy atom. The lowest BCUT2D eigenvalue weighted by atomic mass is 9.77. The Bertz CT molecular complexity index is 1480. The third-order valence-corrected chi connectivity index (χ3v) is 8.91. The smallest absolute Gasteiger partial charge is 0.356 e. The van der Waals surface area contributed by atoms with Gasteiger partial charge in [0.2, 0.25) is 9.84 Å². The van der Waals surface area contributed by atoms with Gasteiger partial charge in [0.05, 0.1) is 22.7 Å². The van der Waals surface area contributed by atoms with Gasteiger partial charge in [-0.2, -0.15) is 22.8 Å². The highest BCUT2D eigenvalue weighted by molar-refractivity contribution is 7.90. The van der Waals surface area contributed by atoms with Gasteiger partial charge < -0.3 is 4.90 Å². The van der Waals surface area contributed by atoms with Crippen LogP contribution >= 0.6 is 0 Å². The van der Waals surface area contributed by atoms with Crippen LogP contribution in [-0.2, 0) is 31.4 Å². The van der Waals surface area contributed by atoms with Crippen LogP contribution in [0.3, 0.4) is 0 Å². The topological polar surface area (TPSA) is 97.3 Å². The molecule has 3 heterocycles. The predicted molar refractivity (Wildman–Crippen MR) is 142 cm³/mol. The number of anilines is 1. The molecule has 0 radical (unpaired) electrons. The van der Waals surface area contributed by atoms with Gasteiger partial charge in [0, 0.05) is 18.7 Å². The van der Waals surface area contributed by atoms with Crippen LogP contribution in [0.2, 0.25) is 0 Å². The molecule has 1 aliphatic heterocycles. The van der Waals surface area contributed by atoms with Crippen molar-refractivity contribution in [1.29, 1.82) is 0 Å². The summed E-state index contributed by atoms with van der Waals surface area (Å²) < 4.78 is 68.6. The number of carbonyl (C=O) groups excluding carboxylic acids is 2. The molecule has 3 aromatic rings. The molecule has 2 aliphatic rings. The van der Waals surface area contributed by atoms with Crippen molar-refractivity contribution in [2.24, 2.45) is 5.92 Å². The second-order valence-corrected chi connectivity index (χ2v) is 12.2. The van der Waals surface area contributed by atoms with Gasteiger partial charge in [-0.05, 0) is 67.3 Å². The molecule has 0 bridgehead atoms. The van der Waals surface area contributed by atoms with Crippen molar-refractivity contribution < 1.29 is 31.2 Å². The van der Waals surface area contributed by atoms with E-state index in [1.165, 1.54) is 6.07 Å². The number of halogens is 3. The van der Waals surface area contributed by atoms with Gasteiger partial charge in [-0.15, -0.1) is 0 Å². The van der Waals surface area contributed by atoms with Gasteiger partial charge in [0.25, 0.3) is 0 Å². The predicted octanol–water partition coefficient (Wildman–Crippen LogP) is 6.06. The minimum absolute atomic E-state index is 0.0604. The molecule has 1 saturated heterocycles. The number of rotatable bonds is 6. The number of alkyl halides is 3. The Morgan fingerprint density at radius 1 is 0.950 bits per heavy atom. The summed E-state index contributed by atoms with van der Waals surface area (Å²) in [5.74, 6) is 0.753. The lowest BCUT2D eigenvalue weighted by Crippen LogP contribution is -2.35. The summed E-state index contributed by atoms with van der Waals surface area (Å²) in [6, 6.07) is 14.0. The van der Waals surface area contributed by atoms with E-state index in [1.54, 1.807) is 24.3 Å². The zero-order valence-electron chi connectivity index (χ0n) is 22.0. The number of hydrogen-bond donors (Lipinski definition) is 0. The first kappa shape index (κ1) is 29.4. The third-order valence-electron chi connectivity index (χ3n) is 7.37. The summed E-state index contributed by atoms with van der Waals surface area (Å²) in [6.07, 6.45) is 0.655. The third kappa shape index (κ3) is 6.77. The van der Waals surface area contributed by atoms with Crippen molar-refractivity contribution in [3.8, 4) is 11.3 Å². The quantitative estimate of drug-likeness (QED) is 0.354. The Labute approximate surface area is 231 Å². The van der Waals surface area contributed by atoms with E-state index < -0.39 is 27.3 Å². The van der Waals surface area contributed by atoms with E-state index in [0.717, 1.165) is 62.9 Å². The zero-order chi connectivity index (χ0) is 28.9. The van der Waals surface area contributed by atoms with E-state index in [1.807, 2.05) is 12.1 Å². The van der Waals surface area contributed by atoms with Gasteiger partial charge in [0.1, 0.15) is 5.82 Å². The average molecular weight is 574 g/mol. The van der Waals surface area contributed by atoms with Crippen LogP contribution in [0.1, 0.15) is 61.8 Å². The summed E-state index contributed by atoms with van der Waals surface area (Å²) in [4.78, 5) is 27.1. The van der Waals surface area contributed by atoms with E-state index in [4.69, 9.17) is 9.59 Å². The van der Waals surface area contributed by atoms with Gasteiger partial charge in [-0.3, -0.25) is 4.98 Å². The summed E-state index contributed by atoms with van der Waals surface area (Å²) in [6.45, 7) is 3.77. The van der Waals surface area contributed by atoms with Crippen LogP contribution < -0.4 is 4.90 Å². The summed E-state index contributed by atoms with van der Waals surface area (Å²) in [5.41, 5.74) is 0.228. The van der Waals surface area contributed by atoms with E-state index in [9.17, 15) is 21.6 Å². The lowest BCUT2D eigenvalue weighted by molar-refractivity contribution is -0.191. The standard InChI is InChI=1S/C28H30F3N3O2S.CO2/c1-19-7-6-16-34(17-19)25-12-5-13-26(33-25)37(35,36)18-21-14-15-24(28(29,30)31)27(32-21)23-11-3-2-10-22(23)20-8-4-9-20;2-1-3/h2-3,5,10-15,19-20H,4,6-9,16-18H2,1H3;/t19-;/m1./s1. The number of benzene rings is 1. The second-order valence-electron chi connectivity index (χ2n) is 10.3. The summed E-state index contributed by atoms with van der Waals surface area (Å²) in [7, 11) is -3.94. The number of sulfone groups is 1. The van der Waals surface area contributed by atoms with Gasteiger partial charge in [-0.25, -0.2) is 13.4 Å². The van der Waals surface area contributed by atoms with Crippen LogP contribution in [0, 0.1) is 5.92 Å². The maximum Gasteiger partial charge on any atom is 0.418 e. The van der Waals surface area contributed by atoms with Crippen molar-refractivity contribution >= 4 is 21.8 Å². The molecule has 40 heavy (non-hydrogen) atoms. The molecule has 11 heteroatoms. The summed E-state index contributed by atoms with van der Waals surface area (Å²) >= 11 is 0. The molecule has 1 atom stereocenters. The maximum atomic E-state index is 14.0. The highest BCUT2D eigenvalue weighted by atomic mass is 32.2. The molecular weight excluding hydrogens is 543 g/mol. The monoisotopic (exact) mass is 573 g/mol. The van der Waals surface area contributed by atoms with Crippen LogP contribution in [0.15, 0.2) is 59.6 Å². The van der Waals surface area contributed by atoms with Crippen LogP contribution in [0.4, 0.5) is 19.0 Å². The fourth-order valence-electron chi connectivity index (χ4n) is 5.22. The van der Waals surface area contributed by atoms with Gasteiger partial charge >= 0.3 is 12.3 Å². The fraction of sp³-hybridized carbons (Fsp3) is 0.414. The Hall–Kier alpha value is -3.56. The number of nitrogens with zero attached hydrogens (tertiary/aromatic N) is 3. The van der Waals surface area contributed by atoms with E-state index in [0.29, 0.717) is 17.3 Å². The van der Waals surface area contributed by atoms with Gasteiger partial charge in [-0.1, -0.05) is 43.7 Å². The highest BCUT2D eigenvalue weighted by Crippen LogP contribution is 2.44.